The second kappa shape index (κ2) is 4.78. The van der Waals surface area contributed by atoms with E-state index in [0.29, 0.717) is 19.1 Å². The van der Waals surface area contributed by atoms with Crippen LogP contribution in [-0.2, 0) is 19.0 Å². The minimum atomic E-state index is -0.275. The first kappa shape index (κ1) is 11.8. The van der Waals surface area contributed by atoms with Crippen molar-refractivity contribution in [2.75, 3.05) is 19.8 Å². The summed E-state index contributed by atoms with van der Waals surface area (Å²) in [5.41, 5.74) is 6.07. The molecule has 4 unspecified atom stereocenters. The largest absolute Gasteiger partial charge is 0.494 e. The van der Waals surface area contributed by atoms with Crippen LogP contribution in [0.25, 0.3) is 0 Å². The Labute approximate surface area is 105 Å². The fourth-order valence-corrected chi connectivity index (χ4v) is 2.84. The summed E-state index contributed by atoms with van der Waals surface area (Å²) in [5, 5.41) is 2.87. The second-order valence-corrected chi connectivity index (χ2v) is 4.92. The third-order valence-corrected chi connectivity index (χ3v) is 3.85. The number of amides is 1. The van der Waals surface area contributed by atoms with Crippen LogP contribution in [0.15, 0.2) is 12.0 Å². The normalized spacial score (nSPS) is 38.4. The summed E-state index contributed by atoms with van der Waals surface area (Å²) >= 11 is 0. The van der Waals surface area contributed by atoms with E-state index in [9.17, 15) is 4.79 Å². The van der Waals surface area contributed by atoms with Gasteiger partial charge in [0.15, 0.2) is 0 Å². The molecule has 3 N–H and O–H groups in total. The Hall–Kier alpha value is -1.27. The van der Waals surface area contributed by atoms with Crippen LogP contribution in [0.5, 0.6) is 0 Å². The van der Waals surface area contributed by atoms with E-state index in [-0.39, 0.29) is 29.9 Å². The second-order valence-electron chi connectivity index (χ2n) is 4.92. The lowest BCUT2D eigenvalue weighted by Gasteiger charge is -2.52. The maximum absolute atomic E-state index is 11.9. The van der Waals surface area contributed by atoms with E-state index >= 15 is 0 Å². The summed E-state index contributed by atoms with van der Waals surface area (Å²) in [6.07, 6.45) is 3.54. The molecule has 1 aliphatic carbocycles. The molecule has 0 bridgehead atoms. The van der Waals surface area contributed by atoms with Crippen molar-refractivity contribution in [2.24, 2.45) is 11.7 Å². The molecule has 2 fully saturated rings. The van der Waals surface area contributed by atoms with Crippen molar-refractivity contribution >= 4 is 5.91 Å². The average molecular weight is 254 g/mol. The quantitative estimate of drug-likeness (QED) is 0.694. The van der Waals surface area contributed by atoms with Crippen molar-refractivity contribution in [1.29, 1.82) is 0 Å². The molecular weight excluding hydrogens is 236 g/mol. The van der Waals surface area contributed by atoms with Gasteiger partial charge in [-0.3, -0.25) is 4.79 Å². The number of hydrogen-bond donors (Lipinski definition) is 2. The highest BCUT2D eigenvalue weighted by Crippen LogP contribution is 2.37. The number of carbonyl (C=O) groups is 1. The molecule has 1 saturated heterocycles. The zero-order valence-electron chi connectivity index (χ0n) is 10.1. The van der Waals surface area contributed by atoms with E-state index < -0.39 is 0 Å². The molecule has 0 aromatic heterocycles. The van der Waals surface area contributed by atoms with E-state index in [2.05, 4.69) is 5.32 Å². The molecule has 18 heavy (non-hydrogen) atoms. The van der Waals surface area contributed by atoms with Gasteiger partial charge in [-0.2, -0.15) is 0 Å². The SMILES string of the molecule is NC1C2CCCOC2C1NC(=O)C1=COCCO1. The molecule has 2 heterocycles. The highest BCUT2D eigenvalue weighted by atomic mass is 16.6. The van der Waals surface area contributed by atoms with Crippen LogP contribution in [0.2, 0.25) is 0 Å². The van der Waals surface area contributed by atoms with Crippen LogP contribution < -0.4 is 11.1 Å². The summed E-state index contributed by atoms with van der Waals surface area (Å²) in [7, 11) is 0. The molecule has 1 amide bonds. The lowest BCUT2D eigenvalue weighted by Crippen LogP contribution is -2.72. The van der Waals surface area contributed by atoms with Gasteiger partial charge in [0, 0.05) is 18.6 Å². The van der Waals surface area contributed by atoms with Gasteiger partial charge in [-0.15, -0.1) is 0 Å². The van der Waals surface area contributed by atoms with Gasteiger partial charge in [0.2, 0.25) is 5.76 Å². The minimum absolute atomic E-state index is 0.0237. The molecule has 0 aromatic carbocycles. The number of carbonyl (C=O) groups excluding carboxylic acids is 1. The molecule has 4 atom stereocenters. The first-order chi connectivity index (χ1) is 8.77. The van der Waals surface area contributed by atoms with Gasteiger partial charge in [-0.1, -0.05) is 0 Å². The number of nitrogens with one attached hydrogen (secondary N) is 1. The lowest BCUT2D eigenvalue weighted by molar-refractivity contribution is -0.139. The van der Waals surface area contributed by atoms with Crippen molar-refractivity contribution in [1.82, 2.24) is 5.32 Å². The van der Waals surface area contributed by atoms with Crippen molar-refractivity contribution in [3.05, 3.63) is 12.0 Å². The predicted octanol–water partition coefficient (Wildman–Crippen LogP) is -0.504. The highest BCUT2D eigenvalue weighted by Gasteiger charge is 2.51. The monoisotopic (exact) mass is 254 g/mol. The minimum Gasteiger partial charge on any atom is -0.494 e. The number of ether oxygens (including phenoxy) is 3. The number of hydrogen-bond acceptors (Lipinski definition) is 5. The standard InChI is InChI=1S/C12H18N2O4/c13-9-7-2-1-3-18-11(7)10(9)14-12(15)8-6-16-4-5-17-8/h6-7,9-11H,1-5,13H2,(H,14,15). The molecule has 1 saturated carbocycles. The topological polar surface area (TPSA) is 82.8 Å². The Morgan fingerprint density at radius 2 is 2.28 bits per heavy atom. The zero-order valence-corrected chi connectivity index (χ0v) is 10.1. The first-order valence-corrected chi connectivity index (χ1v) is 6.40. The Kier molecular flexibility index (Phi) is 3.13. The van der Waals surface area contributed by atoms with Crippen molar-refractivity contribution in [2.45, 2.75) is 31.0 Å². The van der Waals surface area contributed by atoms with Gasteiger partial charge in [0.1, 0.15) is 19.5 Å². The Bertz CT molecular complexity index is 371. The van der Waals surface area contributed by atoms with Crippen molar-refractivity contribution in [3.8, 4) is 0 Å². The van der Waals surface area contributed by atoms with E-state index in [0.717, 1.165) is 19.4 Å². The molecule has 6 nitrogen and oxygen atoms in total. The first-order valence-electron chi connectivity index (χ1n) is 6.40. The fourth-order valence-electron chi connectivity index (χ4n) is 2.84. The van der Waals surface area contributed by atoms with Crippen LogP contribution in [0, 0.1) is 5.92 Å². The maximum atomic E-state index is 11.9. The summed E-state index contributed by atoms with van der Waals surface area (Å²) < 4.78 is 15.9. The van der Waals surface area contributed by atoms with Crippen molar-refractivity contribution < 1.29 is 19.0 Å². The molecule has 3 rings (SSSR count). The van der Waals surface area contributed by atoms with E-state index in [1.165, 1.54) is 6.26 Å². The summed E-state index contributed by atoms with van der Waals surface area (Å²) in [5.74, 6) is 0.317. The molecule has 2 aliphatic heterocycles. The van der Waals surface area contributed by atoms with Crippen LogP contribution in [0.4, 0.5) is 0 Å². The van der Waals surface area contributed by atoms with E-state index in [1.807, 2.05) is 0 Å². The number of nitrogens with two attached hydrogens (primary N) is 1. The molecule has 6 heteroatoms. The predicted molar refractivity (Wildman–Crippen MR) is 62.4 cm³/mol. The van der Waals surface area contributed by atoms with Crippen LogP contribution in [0.3, 0.4) is 0 Å². The molecule has 0 spiro atoms. The van der Waals surface area contributed by atoms with Gasteiger partial charge in [-0.05, 0) is 12.8 Å². The average Bonchev–Trinajstić information content (AvgIpc) is 2.45. The molecule has 100 valence electrons. The Morgan fingerprint density at radius 1 is 1.39 bits per heavy atom. The van der Waals surface area contributed by atoms with E-state index in [1.54, 1.807) is 0 Å². The van der Waals surface area contributed by atoms with Crippen LogP contribution >= 0.6 is 0 Å². The maximum Gasteiger partial charge on any atom is 0.290 e. The zero-order chi connectivity index (χ0) is 12.5. The van der Waals surface area contributed by atoms with Crippen molar-refractivity contribution in [3.63, 3.8) is 0 Å². The number of rotatable bonds is 2. The van der Waals surface area contributed by atoms with Gasteiger partial charge < -0.3 is 25.3 Å². The third-order valence-electron chi connectivity index (χ3n) is 3.85. The van der Waals surface area contributed by atoms with Gasteiger partial charge >= 0.3 is 0 Å². The lowest BCUT2D eigenvalue weighted by atomic mass is 9.68. The summed E-state index contributed by atoms with van der Waals surface area (Å²) in [6.45, 7) is 1.63. The Balaban J connectivity index is 1.59. The molecule has 0 radical (unpaired) electrons. The molecule has 3 aliphatic rings. The third kappa shape index (κ3) is 1.95. The summed E-state index contributed by atoms with van der Waals surface area (Å²) in [6, 6.07) is -0.140. The smallest absolute Gasteiger partial charge is 0.290 e. The molecule has 0 aromatic rings. The van der Waals surface area contributed by atoms with Gasteiger partial charge in [-0.25, -0.2) is 0 Å². The highest BCUT2D eigenvalue weighted by molar-refractivity contribution is 5.91. The summed E-state index contributed by atoms with van der Waals surface area (Å²) in [4.78, 5) is 11.9. The fraction of sp³-hybridized carbons (Fsp3) is 0.750. The van der Waals surface area contributed by atoms with E-state index in [4.69, 9.17) is 19.9 Å². The van der Waals surface area contributed by atoms with Crippen LogP contribution in [-0.4, -0.2) is 43.9 Å². The van der Waals surface area contributed by atoms with Gasteiger partial charge in [0.25, 0.3) is 5.91 Å². The number of fused-ring (bicyclic) bond motifs is 1. The Morgan fingerprint density at radius 3 is 3.06 bits per heavy atom. The molecular formula is C12H18N2O4. The van der Waals surface area contributed by atoms with Gasteiger partial charge in [0.05, 0.1) is 12.1 Å². The van der Waals surface area contributed by atoms with Crippen LogP contribution in [0.1, 0.15) is 12.8 Å².